The summed E-state index contributed by atoms with van der Waals surface area (Å²) in [5, 5.41) is 56.9. The summed E-state index contributed by atoms with van der Waals surface area (Å²) in [4.78, 5) is 67.1. The van der Waals surface area contributed by atoms with Crippen molar-refractivity contribution in [2.75, 3.05) is 34.7 Å². The lowest BCUT2D eigenvalue weighted by Gasteiger charge is -2.42. The van der Waals surface area contributed by atoms with Crippen molar-refractivity contribution in [3.05, 3.63) is 79.4 Å². The number of fused-ring (bicyclic) bond motifs is 4. The van der Waals surface area contributed by atoms with Crippen LogP contribution in [0.1, 0.15) is 87.4 Å². The van der Waals surface area contributed by atoms with E-state index in [1.807, 2.05) is 0 Å². The zero-order valence-corrected chi connectivity index (χ0v) is 31.9. The van der Waals surface area contributed by atoms with Crippen LogP contribution in [-0.4, -0.2) is 119 Å². The number of carbonyl (C=O) groups excluding carboxylic acids is 4. The second-order valence-corrected chi connectivity index (χ2v) is 14.4. The number of benzene rings is 3. The fourth-order valence-corrected chi connectivity index (χ4v) is 8.33. The Morgan fingerprint density at radius 2 is 1.69 bits per heavy atom. The summed E-state index contributed by atoms with van der Waals surface area (Å²) in [5.74, 6) is -3.89. The van der Waals surface area contributed by atoms with E-state index in [-0.39, 0.29) is 63.9 Å². The molecule has 19 heteroatoms. The van der Waals surface area contributed by atoms with E-state index in [1.165, 1.54) is 57.4 Å². The van der Waals surface area contributed by atoms with Crippen molar-refractivity contribution in [2.24, 2.45) is 0 Å². The van der Waals surface area contributed by atoms with Gasteiger partial charge in [0.05, 0.1) is 72.8 Å². The summed E-state index contributed by atoms with van der Waals surface area (Å²) in [5.41, 5.74) is -4.51. The van der Waals surface area contributed by atoms with Crippen molar-refractivity contribution in [3.63, 3.8) is 0 Å². The van der Waals surface area contributed by atoms with Gasteiger partial charge in [0.1, 0.15) is 48.4 Å². The van der Waals surface area contributed by atoms with E-state index in [0.717, 1.165) is 6.07 Å². The van der Waals surface area contributed by atoms with Gasteiger partial charge in [-0.15, -0.1) is 0 Å². The molecule has 2 heterocycles. The minimum absolute atomic E-state index is 0.0301. The van der Waals surface area contributed by atoms with Gasteiger partial charge in [0.25, 0.3) is 5.69 Å². The fourth-order valence-electron chi connectivity index (χ4n) is 8.33. The van der Waals surface area contributed by atoms with Crippen molar-refractivity contribution in [1.82, 2.24) is 4.90 Å². The molecule has 7 rings (SSSR count). The third-order valence-electron chi connectivity index (χ3n) is 11.2. The van der Waals surface area contributed by atoms with Gasteiger partial charge >= 0.3 is 6.09 Å². The molecule has 4 aliphatic rings. The molecule has 2 aliphatic heterocycles. The number of Topliss-reactive ketones (excluding diaryl/α,β-unsaturated/α-hetero) is 1. The topological polar surface area (TPSA) is 260 Å². The smallest absolute Gasteiger partial charge is 0.412 e. The lowest BCUT2D eigenvalue weighted by atomic mass is 9.72. The van der Waals surface area contributed by atoms with Gasteiger partial charge in [0.15, 0.2) is 29.4 Å². The number of aromatic hydroxyl groups is 2. The highest BCUT2D eigenvalue weighted by molar-refractivity contribution is 6.31. The van der Waals surface area contributed by atoms with Gasteiger partial charge in [-0.1, -0.05) is 12.1 Å². The average molecular weight is 809 g/mol. The molecule has 3 aromatic rings. The molecule has 19 nitrogen and oxygen atoms in total. The van der Waals surface area contributed by atoms with Crippen molar-refractivity contribution >= 4 is 29.1 Å². The molecule has 308 valence electrons. The SMILES string of the molecule is COc1cc(C(C)OC(=O)N2COC3C(C)OC(OC4CC(O)(C(=O)CO)Cc5c(O)c6c(c(O)c54)C(=O)c4c(OC)cccc4C6=O)CC32)c([N+](=O)[O-])cc1OC. The monoisotopic (exact) mass is 808 g/mol. The third-order valence-corrected chi connectivity index (χ3v) is 11.2. The van der Waals surface area contributed by atoms with Gasteiger partial charge < -0.3 is 53.6 Å². The maximum absolute atomic E-state index is 14.0. The summed E-state index contributed by atoms with van der Waals surface area (Å²) in [6.07, 6.45) is -7.59. The Balaban J connectivity index is 1.20. The summed E-state index contributed by atoms with van der Waals surface area (Å²) in [7, 11) is 3.97. The predicted molar refractivity (Wildman–Crippen MR) is 194 cm³/mol. The predicted octanol–water partition coefficient (Wildman–Crippen LogP) is 3.16. The summed E-state index contributed by atoms with van der Waals surface area (Å²) >= 11 is 0. The number of rotatable bonds is 10. The number of amides is 1. The van der Waals surface area contributed by atoms with Gasteiger partial charge in [-0.2, -0.15) is 0 Å². The zero-order valence-electron chi connectivity index (χ0n) is 31.9. The van der Waals surface area contributed by atoms with Gasteiger partial charge in [-0.25, -0.2) is 4.79 Å². The number of phenols is 2. The van der Waals surface area contributed by atoms with Gasteiger partial charge in [-0.3, -0.25) is 29.4 Å². The first-order chi connectivity index (χ1) is 27.6. The Morgan fingerprint density at radius 1 is 1.02 bits per heavy atom. The van der Waals surface area contributed by atoms with E-state index in [9.17, 15) is 49.7 Å². The first-order valence-electron chi connectivity index (χ1n) is 18.1. The van der Waals surface area contributed by atoms with Gasteiger partial charge in [0, 0.05) is 36.0 Å². The Hall–Kier alpha value is -5.86. The quantitative estimate of drug-likeness (QED) is 0.102. The number of ketones is 3. The van der Waals surface area contributed by atoms with Crippen LogP contribution < -0.4 is 14.2 Å². The first-order valence-corrected chi connectivity index (χ1v) is 18.1. The number of hydrogen-bond acceptors (Lipinski definition) is 17. The number of phenolic OH excluding ortho intramolecular Hbond substituents is 2. The summed E-state index contributed by atoms with van der Waals surface area (Å²) < 4.78 is 39.9. The molecule has 58 heavy (non-hydrogen) atoms. The molecular formula is C39H40N2O17. The summed E-state index contributed by atoms with van der Waals surface area (Å²) in [6.45, 7) is 1.74. The van der Waals surface area contributed by atoms with Crippen LogP contribution in [0.3, 0.4) is 0 Å². The number of nitro benzene ring substituents is 1. The molecule has 1 amide bonds. The van der Waals surface area contributed by atoms with Crippen LogP contribution in [0.15, 0.2) is 30.3 Å². The molecule has 2 fully saturated rings. The second-order valence-electron chi connectivity index (χ2n) is 14.4. The zero-order chi connectivity index (χ0) is 42.0. The van der Waals surface area contributed by atoms with Crippen LogP contribution in [0.2, 0.25) is 0 Å². The van der Waals surface area contributed by atoms with E-state index >= 15 is 0 Å². The summed E-state index contributed by atoms with van der Waals surface area (Å²) in [6, 6.07) is 6.01. The van der Waals surface area contributed by atoms with Crippen LogP contribution in [0, 0.1) is 10.1 Å². The van der Waals surface area contributed by atoms with Crippen molar-refractivity contribution in [2.45, 2.75) is 75.5 Å². The largest absolute Gasteiger partial charge is 0.507 e. The molecule has 0 aromatic heterocycles. The number of hydrogen-bond donors (Lipinski definition) is 4. The van der Waals surface area contributed by atoms with Crippen LogP contribution in [0.5, 0.6) is 28.7 Å². The molecular weight excluding hydrogens is 768 g/mol. The Bertz CT molecular complexity index is 2240. The lowest BCUT2D eigenvalue weighted by molar-refractivity contribution is -0.386. The highest BCUT2D eigenvalue weighted by atomic mass is 16.7. The second kappa shape index (κ2) is 15.1. The Kier molecular flexibility index (Phi) is 10.5. The number of ether oxygens (including phenoxy) is 7. The number of nitrogens with zero attached hydrogens (tertiary/aromatic N) is 2. The van der Waals surface area contributed by atoms with E-state index in [1.54, 1.807) is 6.92 Å². The lowest BCUT2D eigenvalue weighted by Crippen LogP contribution is -2.52. The normalized spacial score (nSPS) is 25.2. The molecule has 7 unspecified atom stereocenters. The number of aliphatic hydroxyl groups excluding tert-OH is 1. The van der Waals surface area contributed by atoms with Crippen LogP contribution >= 0.6 is 0 Å². The van der Waals surface area contributed by atoms with Crippen molar-refractivity contribution in [3.8, 4) is 28.7 Å². The Labute approximate surface area is 329 Å². The highest BCUT2D eigenvalue weighted by Crippen LogP contribution is 2.53. The van der Waals surface area contributed by atoms with Gasteiger partial charge in [0.2, 0.25) is 5.78 Å². The van der Waals surface area contributed by atoms with Crippen molar-refractivity contribution < 1.29 is 77.7 Å². The number of carbonyl (C=O) groups is 4. The molecule has 2 aliphatic carbocycles. The minimum Gasteiger partial charge on any atom is -0.507 e. The third kappa shape index (κ3) is 6.44. The molecule has 4 N–H and O–H groups in total. The van der Waals surface area contributed by atoms with Crippen LogP contribution in [0.4, 0.5) is 10.5 Å². The first kappa shape index (κ1) is 40.3. The molecule has 0 bridgehead atoms. The van der Waals surface area contributed by atoms with E-state index in [2.05, 4.69) is 0 Å². The van der Waals surface area contributed by atoms with Gasteiger partial charge in [-0.05, 0) is 26.0 Å². The van der Waals surface area contributed by atoms with Crippen molar-refractivity contribution in [1.29, 1.82) is 0 Å². The molecule has 2 saturated heterocycles. The molecule has 7 atom stereocenters. The maximum Gasteiger partial charge on any atom is 0.412 e. The van der Waals surface area contributed by atoms with Crippen LogP contribution in [0.25, 0.3) is 0 Å². The standard InChI is InChI=1S/C39H40N2O17/c1-16(19-9-24(53-4)25(54-5)10-21(19)41(50)51)57-38(48)40-15-55-37-17(2)56-28(11-22(37)40)58-26-13-39(49,27(43)14-42)12-20-30(26)36(47)32-31(34(20)45)33(44)18-7-6-8-23(52-3)29(18)35(32)46/h6-10,16-17,22,26,28,37,42,45,47,49H,11-15H2,1-5H3. The Morgan fingerprint density at radius 3 is 2.34 bits per heavy atom. The van der Waals surface area contributed by atoms with E-state index in [4.69, 9.17) is 33.2 Å². The molecule has 3 aromatic carbocycles. The fraction of sp³-hybridized carbons (Fsp3) is 0.436. The molecule has 0 spiro atoms. The number of aliphatic hydroxyl groups is 2. The molecule has 0 saturated carbocycles. The van der Waals surface area contributed by atoms with E-state index in [0.29, 0.717) is 0 Å². The number of nitro groups is 1. The average Bonchev–Trinajstić information content (AvgIpc) is 3.64. The maximum atomic E-state index is 14.0. The minimum atomic E-state index is -2.37. The highest BCUT2D eigenvalue weighted by Gasteiger charge is 2.52. The van der Waals surface area contributed by atoms with Crippen LogP contribution in [-0.2, 0) is 30.2 Å². The number of methoxy groups -OCH3 is 3. The van der Waals surface area contributed by atoms with E-state index < -0.39 is 113 Å². The molecule has 0 radical (unpaired) electrons.